The zero-order chi connectivity index (χ0) is 20.1. The molecule has 0 spiro atoms. The molecule has 0 bridgehead atoms. The van der Waals surface area contributed by atoms with Crippen LogP contribution in [0.25, 0.3) is 0 Å². The summed E-state index contributed by atoms with van der Waals surface area (Å²) in [5.41, 5.74) is 1.70. The van der Waals surface area contributed by atoms with Crippen LogP contribution in [0.3, 0.4) is 0 Å². The van der Waals surface area contributed by atoms with Gasteiger partial charge >= 0.3 is 0 Å². The highest BCUT2D eigenvalue weighted by Crippen LogP contribution is 2.14. The van der Waals surface area contributed by atoms with E-state index in [1.54, 1.807) is 23.8 Å². The van der Waals surface area contributed by atoms with Gasteiger partial charge in [0.05, 0.1) is 24.5 Å². The number of hydrogen-bond acceptors (Lipinski definition) is 6. The van der Waals surface area contributed by atoms with Crippen LogP contribution in [0, 0.1) is 12.8 Å². The molecule has 0 saturated carbocycles. The SMILES string of the molecule is Cc1ccn(CCC(C)C)c(=O)c1C(=O)N(Cc1cocn1)Cc1cocn1. The van der Waals surface area contributed by atoms with Gasteiger partial charge in [-0.2, -0.15) is 0 Å². The van der Waals surface area contributed by atoms with Crippen LogP contribution >= 0.6 is 0 Å². The lowest BCUT2D eigenvalue weighted by molar-refractivity contribution is 0.0722. The number of pyridine rings is 1. The molecule has 3 rings (SSSR count). The Kier molecular flexibility index (Phi) is 6.08. The van der Waals surface area contributed by atoms with Gasteiger partial charge in [-0.05, 0) is 30.9 Å². The summed E-state index contributed by atoms with van der Waals surface area (Å²) >= 11 is 0. The van der Waals surface area contributed by atoms with E-state index in [1.807, 2.05) is 0 Å². The van der Waals surface area contributed by atoms with E-state index in [-0.39, 0.29) is 30.1 Å². The summed E-state index contributed by atoms with van der Waals surface area (Å²) in [4.78, 5) is 36.0. The van der Waals surface area contributed by atoms with E-state index < -0.39 is 0 Å². The van der Waals surface area contributed by atoms with E-state index in [9.17, 15) is 9.59 Å². The Morgan fingerprint density at radius 1 is 1.14 bits per heavy atom. The fourth-order valence-corrected chi connectivity index (χ4v) is 2.88. The van der Waals surface area contributed by atoms with Crippen molar-refractivity contribution < 1.29 is 13.6 Å². The third-order valence-corrected chi connectivity index (χ3v) is 4.49. The van der Waals surface area contributed by atoms with E-state index >= 15 is 0 Å². The Labute approximate surface area is 162 Å². The predicted octanol–water partition coefficient (Wildman–Crippen LogP) is 3.02. The molecule has 0 radical (unpaired) electrons. The zero-order valence-electron chi connectivity index (χ0n) is 16.3. The molecule has 8 nitrogen and oxygen atoms in total. The number of nitrogens with zero attached hydrogens (tertiary/aromatic N) is 4. The zero-order valence-corrected chi connectivity index (χ0v) is 16.3. The molecular weight excluding hydrogens is 360 g/mol. The van der Waals surface area contributed by atoms with Crippen molar-refractivity contribution in [1.29, 1.82) is 0 Å². The Bertz CT molecular complexity index is 923. The van der Waals surface area contributed by atoms with Crippen molar-refractivity contribution in [3.8, 4) is 0 Å². The average molecular weight is 384 g/mol. The minimum atomic E-state index is -0.368. The Balaban J connectivity index is 1.93. The number of hydrogen-bond donors (Lipinski definition) is 0. The highest BCUT2D eigenvalue weighted by Gasteiger charge is 2.24. The second-order valence-electron chi connectivity index (χ2n) is 7.18. The van der Waals surface area contributed by atoms with Gasteiger partial charge in [-0.3, -0.25) is 9.59 Å². The number of rotatable bonds is 8. The van der Waals surface area contributed by atoms with Crippen molar-refractivity contribution in [3.63, 3.8) is 0 Å². The van der Waals surface area contributed by atoms with Gasteiger partial charge in [0.1, 0.15) is 18.1 Å². The quantitative estimate of drug-likeness (QED) is 0.592. The molecule has 0 unspecified atom stereocenters. The van der Waals surface area contributed by atoms with Crippen molar-refractivity contribution in [2.45, 2.75) is 46.8 Å². The average Bonchev–Trinajstić information content (AvgIpc) is 3.34. The fourth-order valence-electron chi connectivity index (χ4n) is 2.88. The standard InChI is InChI=1S/C20H24N4O4/c1-14(2)4-6-23-7-5-15(3)18(19(23)25)20(26)24(8-16-10-27-12-21-16)9-17-11-28-13-22-17/h5,7,10-14H,4,6,8-9H2,1-3H3. The summed E-state index contributed by atoms with van der Waals surface area (Å²) in [5, 5.41) is 0. The molecule has 0 aliphatic carbocycles. The maximum atomic E-state index is 13.3. The number of amides is 1. The minimum absolute atomic E-state index is 0.165. The van der Waals surface area contributed by atoms with Gasteiger partial charge < -0.3 is 18.3 Å². The lowest BCUT2D eigenvalue weighted by Gasteiger charge is -2.22. The lowest BCUT2D eigenvalue weighted by atomic mass is 10.1. The molecule has 0 aliphatic rings. The largest absolute Gasteiger partial charge is 0.451 e. The Morgan fingerprint density at radius 2 is 1.75 bits per heavy atom. The van der Waals surface area contributed by atoms with Crippen LogP contribution in [0.15, 0.2) is 51.2 Å². The van der Waals surface area contributed by atoms with Crippen molar-refractivity contribution >= 4 is 5.91 Å². The molecule has 1 amide bonds. The molecule has 148 valence electrons. The van der Waals surface area contributed by atoms with Gasteiger partial charge in [0.15, 0.2) is 12.8 Å². The second-order valence-corrected chi connectivity index (χ2v) is 7.18. The molecule has 28 heavy (non-hydrogen) atoms. The monoisotopic (exact) mass is 384 g/mol. The van der Waals surface area contributed by atoms with Crippen LogP contribution in [0.5, 0.6) is 0 Å². The fraction of sp³-hybridized carbons (Fsp3) is 0.400. The van der Waals surface area contributed by atoms with Crippen LogP contribution in [0.4, 0.5) is 0 Å². The number of aryl methyl sites for hydroxylation is 2. The summed E-state index contributed by atoms with van der Waals surface area (Å²) < 4.78 is 11.6. The smallest absolute Gasteiger partial charge is 0.263 e. The van der Waals surface area contributed by atoms with Crippen molar-refractivity contribution in [3.05, 3.63) is 70.4 Å². The van der Waals surface area contributed by atoms with Crippen LogP contribution in [0.1, 0.15) is 47.6 Å². The van der Waals surface area contributed by atoms with E-state index in [4.69, 9.17) is 8.83 Å². The van der Waals surface area contributed by atoms with Crippen LogP contribution in [-0.2, 0) is 19.6 Å². The lowest BCUT2D eigenvalue weighted by Crippen LogP contribution is -2.37. The van der Waals surface area contributed by atoms with E-state index in [2.05, 4.69) is 23.8 Å². The third kappa shape index (κ3) is 4.57. The predicted molar refractivity (Wildman–Crippen MR) is 101 cm³/mol. The van der Waals surface area contributed by atoms with Crippen molar-refractivity contribution in [1.82, 2.24) is 19.4 Å². The van der Waals surface area contributed by atoms with Crippen LogP contribution in [0.2, 0.25) is 0 Å². The first-order chi connectivity index (χ1) is 13.5. The number of oxazole rings is 2. The molecule has 3 aromatic heterocycles. The first-order valence-electron chi connectivity index (χ1n) is 9.19. The normalized spacial score (nSPS) is 11.1. The Hall–Kier alpha value is -3.16. The number of carbonyl (C=O) groups excluding carboxylic acids is 1. The summed E-state index contributed by atoms with van der Waals surface area (Å²) in [6.45, 7) is 6.94. The first-order valence-corrected chi connectivity index (χ1v) is 9.19. The molecule has 0 aliphatic heterocycles. The molecular formula is C20H24N4O4. The summed E-state index contributed by atoms with van der Waals surface area (Å²) in [6, 6.07) is 1.80. The molecule has 3 aromatic rings. The molecule has 8 heteroatoms. The summed E-state index contributed by atoms with van der Waals surface area (Å²) in [7, 11) is 0. The molecule has 0 atom stereocenters. The van der Waals surface area contributed by atoms with Gasteiger partial charge in [0.25, 0.3) is 11.5 Å². The molecule has 0 fully saturated rings. The van der Waals surface area contributed by atoms with Gasteiger partial charge in [0, 0.05) is 12.7 Å². The van der Waals surface area contributed by atoms with Crippen molar-refractivity contribution in [2.24, 2.45) is 5.92 Å². The minimum Gasteiger partial charge on any atom is -0.451 e. The topological polar surface area (TPSA) is 94.4 Å². The van der Waals surface area contributed by atoms with Crippen LogP contribution < -0.4 is 5.56 Å². The van der Waals surface area contributed by atoms with E-state index in [1.165, 1.54) is 30.2 Å². The van der Waals surface area contributed by atoms with E-state index in [0.717, 1.165) is 6.42 Å². The van der Waals surface area contributed by atoms with Crippen molar-refractivity contribution in [2.75, 3.05) is 0 Å². The molecule has 0 N–H and O–H groups in total. The highest BCUT2D eigenvalue weighted by molar-refractivity contribution is 5.95. The molecule has 0 saturated heterocycles. The third-order valence-electron chi connectivity index (χ3n) is 4.49. The van der Waals surface area contributed by atoms with Gasteiger partial charge in [-0.25, -0.2) is 9.97 Å². The maximum absolute atomic E-state index is 13.3. The van der Waals surface area contributed by atoms with Gasteiger partial charge in [0.2, 0.25) is 0 Å². The first kappa shape index (κ1) is 19.6. The van der Waals surface area contributed by atoms with Gasteiger partial charge in [-0.1, -0.05) is 13.8 Å². The van der Waals surface area contributed by atoms with E-state index in [0.29, 0.717) is 29.4 Å². The summed E-state index contributed by atoms with van der Waals surface area (Å²) in [5.74, 6) is 0.0931. The Morgan fingerprint density at radius 3 is 2.25 bits per heavy atom. The molecule has 0 aromatic carbocycles. The number of carbonyl (C=O) groups is 1. The molecule has 3 heterocycles. The maximum Gasteiger partial charge on any atom is 0.263 e. The highest BCUT2D eigenvalue weighted by atomic mass is 16.3. The second kappa shape index (κ2) is 8.69. The number of aromatic nitrogens is 3. The summed E-state index contributed by atoms with van der Waals surface area (Å²) in [6.07, 6.45) is 8.17. The van der Waals surface area contributed by atoms with Gasteiger partial charge in [-0.15, -0.1) is 0 Å². The van der Waals surface area contributed by atoms with Crippen LogP contribution in [-0.4, -0.2) is 25.3 Å².